The summed E-state index contributed by atoms with van der Waals surface area (Å²) in [6, 6.07) is 0. The summed E-state index contributed by atoms with van der Waals surface area (Å²) in [4.78, 5) is 39.7. The first-order valence-corrected chi connectivity index (χ1v) is 6.53. The molecule has 0 aromatic heterocycles. The molecule has 0 spiro atoms. The van der Waals surface area contributed by atoms with Gasteiger partial charge in [0.1, 0.15) is 12.3 Å². The van der Waals surface area contributed by atoms with Crippen LogP contribution in [-0.2, 0) is 18.9 Å². The van der Waals surface area contributed by atoms with E-state index in [0.29, 0.717) is 0 Å². The Morgan fingerprint density at radius 3 is 2.22 bits per heavy atom. The molecule has 102 valence electrons. The molecule has 0 amide bonds. The lowest BCUT2D eigenvalue weighted by Crippen LogP contribution is -2.19. The molecular formula is C10H15O7P. The lowest BCUT2D eigenvalue weighted by molar-refractivity contribution is -0.138. The molecule has 0 radical (unpaired) electrons. The van der Waals surface area contributed by atoms with E-state index < -0.39 is 31.8 Å². The quantitative estimate of drug-likeness (QED) is 0.371. The van der Waals surface area contributed by atoms with Gasteiger partial charge in [-0.15, -0.1) is 0 Å². The van der Waals surface area contributed by atoms with Crippen LogP contribution in [0.5, 0.6) is 0 Å². The van der Waals surface area contributed by atoms with Crippen molar-refractivity contribution in [3.63, 3.8) is 0 Å². The Bertz CT molecular complexity index is 432. The highest BCUT2D eigenvalue weighted by Crippen LogP contribution is 2.42. The van der Waals surface area contributed by atoms with Crippen molar-refractivity contribution in [1.82, 2.24) is 0 Å². The number of carbonyl (C=O) groups is 2. The van der Waals surface area contributed by atoms with Gasteiger partial charge in [-0.25, -0.2) is 9.59 Å². The average Bonchev–Trinajstić information content (AvgIpc) is 2.20. The van der Waals surface area contributed by atoms with E-state index >= 15 is 0 Å². The molecule has 0 fully saturated rings. The second-order valence-corrected chi connectivity index (χ2v) is 5.53. The summed E-state index contributed by atoms with van der Waals surface area (Å²) < 4.78 is 15.7. The van der Waals surface area contributed by atoms with E-state index in [2.05, 4.69) is 11.3 Å². The Hall–Kier alpha value is -1.43. The first kappa shape index (κ1) is 16.6. The summed E-state index contributed by atoms with van der Waals surface area (Å²) in [5.74, 6) is -2.10. The number of esters is 1. The molecule has 0 aliphatic heterocycles. The monoisotopic (exact) mass is 278 g/mol. The summed E-state index contributed by atoms with van der Waals surface area (Å²) in [5, 5.41) is 8.62. The number of aliphatic carboxylic acids is 1. The van der Waals surface area contributed by atoms with Crippen LogP contribution in [0.25, 0.3) is 0 Å². The minimum atomic E-state index is -4.60. The summed E-state index contributed by atoms with van der Waals surface area (Å²) >= 11 is 0. The molecule has 0 aromatic rings. The van der Waals surface area contributed by atoms with E-state index in [4.69, 9.17) is 14.9 Å². The topological polar surface area (TPSA) is 121 Å². The van der Waals surface area contributed by atoms with Crippen LogP contribution >= 0.6 is 7.60 Å². The van der Waals surface area contributed by atoms with Gasteiger partial charge in [0.25, 0.3) is 0 Å². The van der Waals surface area contributed by atoms with Crippen LogP contribution in [0.2, 0.25) is 0 Å². The second kappa shape index (κ2) is 6.49. The Morgan fingerprint density at radius 2 is 1.89 bits per heavy atom. The van der Waals surface area contributed by atoms with Gasteiger partial charge in [0.15, 0.2) is 0 Å². The van der Waals surface area contributed by atoms with Gasteiger partial charge in [0, 0.05) is 11.1 Å². The van der Waals surface area contributed by atoms with Crippen molar-refractivity contribution in [2.75, 3.05) is 6.61 Å². The molecule has 0 saturated heterocycles. The number of carboxylic acid groups (broad SMARTS) is 1. The third-order valence-electron chi connectivity index (χ3n) is 1.95. The van der Waals surface area contributed by atoms with Gasteiger partial charge in [-0.05, 0) is 13.8 Å². The van der Waals surface area contributed by atoms with Crippen LogP contribution in [0.4, 0.5) is 0 Å². The van der Waals surface area contributed by atoms with E-state index in [1.165, 1.54) is 13.8 Å². The predicted molar refractivity (Wildman–Crippen MR) is 63.0 cm³/mol. The van der Waals surface area contributed by atoms with Crippen molar-refractivity contribution in [3.05, 3.63) is 23.8 Å². The third-order valence-corrected chi connectivity index (χ3v) is 3.11. The van der Waals surface area contributed by atoms with Crippen LogP contribution in [0.15, 0.2) is 23.8 Å². The van der Waals surface area contributed by atoms with Gasteiger partial charge >= 0.3 is 19.5 Å². The van der Waals surface area contributed by atoms with Crippen LogP contribution in [0.1, 0.15) is 13.8 Å². The molecule has 0 heterocycles. The first-order chi connectivity index (χ1) is 8.05. The van der Waals surface area contributed by atoms with E-state index in [-0.39, 0.29) is 11.1 Å². The van der Waals surface area contributed by atoms with E-state index in [9.17, 15) is 14.2 Å². The van der Waals surface area contributed by atoms with Gasteiger partial charge in [0.05, 0.1) is 0 Å². The smallest absolute Gasteiger partial charge is 0.335 e. The first-order valence-electron chi connectivity index (χ1n) is 4.85. The fraction of sp³-hybridized carbons (Fsp3) is 0.400. The summed E-state index contributed by atoms with van der Waals surface area (Å²) in [5.41, 5.74) is -1.65. The molecule has 0 aliphatic rings. The highest BCUT2D eigenvalue weighted by Gasteiger charge is 2.29. The van der Waals surface area contributed by atoms with Crippen molar-refractivity contribution in [1.29, 1.82) is 0 Å². The summed E-state index contributed by atoms with van der Waals surface area (Å²) in [6.07, 6.45) is 0.870. The van der Waals surface area contributed by atoms with Crippen molar-refractivity contribution in [3.8, 4) is 0 Å². The minimum absolute atomic E-state index is 0.0819. The summed E-state index contributed by atoms with van der Waals surface area (Å²) in [6.45, 7) is 5.26. The molecule has 3 N–H and O–H groups in total. The maximum Gasteiger partial charge on any atom is 0.335 e. The zero-order valence-corrected chi connectivity index (χ0v) is 10.9. The molecule has 7 nitrogen and oxygen atoms in total. The lowest BCUT2D eigenvalue weighted by atomic mass is 10.2. The second-order valence-electron chi connectivity index (χ2n) is 3.69. The number of hydrogen-bond acceptors (Lipinski definition) is 4. The molecule has 0 rings (SSSR count). The summed E-state index contributed by atoms with van der Waals surface area (Å²) in [7, 11) is -4.60. The van der Waals surface area contributed by atoms with Crippen molar-refractivity contribution in [2.45, 2.75) is 19.5 Å². The molecule has 18 heavy (non-hydrogen) atoms. The standard InChI is InChI=1S/C10H15O7P/c1-6(2)10(13)17-5-8(18(14,15)16)4-7(3)9(11)12/h4,8H,1,5H2,2-3H3,(H,11,12)(H2,14,15,16). The van der Waals surface area contributed by atoms with Crippen molar-refractivity contribution < 1.29 is 33.8 Å². The van der Waals surface area contributed by atoms with Crippen molar-refractivity contribution in [2.24, 2.45) is 0 Å². The fourth-order valence-electron chi connectivity index (χ4n) is 0.886. The van der Waals surface area contributed by atoms with Crippen LogP contribution in [0.3, 0.4) is 0 Å². The average molecular weight is 278 g/mol. The van der Waals surface area contributed by atoms with Crippen LogP contribution in [-0.4, -0.2) is 39.1 Å². The van der Waals surface area contributed by atoms with E-state index in [1.54, 1.807) is 0 Å². The molecule has 0 aromatic carbocycles. The van der Waals surface area contributed by atoms with Gasteiger partial charge in [-0.1, -0.05) is 12.7 Å². The van der Waals surface area contributed by atoms with Crippen molar-refractivity contribution >= 4 is 19.5 Å². The zero-order valence-electron chi connectivity index (χ0n) is 9.99. The third kappa shape index (κ3) is 5.77. The molecule has 1 unspecified atom stereocenters. The Labute approximate surface area is 104 Å². The largest absolute Gasteiger partial charge is 0.478 e. The van der Waals surface area contributed by atoms with Gasteiger partial charge in [-0.2, -0.15) is 0 Å². The van der Waals surface area contributed by atoms with Gasteiger partial charge < -0.3 is 19.6 Å². The Morgan fingerprint density at radius 1 is 1.39 bits per heavy atom. The highest BCUT2D eigenvalue weighted by molar-refractivity contribution is 7.52. The van der Waals surface area contributed by atoms with Crippen LogP contribution in [0, 0.1) is 0 Å². The number of hydrogen-bond donors (Lipinski definition) is 3. The number of rotatable bonds is 6. The molecule has 0 bridgehead atoms. The minimum Gasteiger partial charge on any atom is -0.478 e. The SMILES string of the molecule is C=C(C)C(=O)OCC(C=C(C)C(=O)O)P(=O)(O)O. The lowest BCUT2D eigenvalue weighted by Gasteiger charge is -2.15. The number of carboxylic acids is 1. The maximum atomic E-state index is 11.1. The number of carbonyl (C=O) groups excluding carboxylic acids is 1. The Kier molecular flexibility index (Phi) is 5.97. The van der Waals surface area contributed by atoms with Gasteiger partial charge in [0.2, 0.25) is 0 Å². The van der Waals surface area contributed by atoms with Gasteiger partial charge in [-0.3, -0.25) is 4.57 Å². The van der Waals surface area contributed by atoms with Crippen LogP contribution < -0.4 is 0 Å². The van der Waals surface area contributed by atoms with E-state index in [0.717, 1.165) is 6.08 Å². The fourth-order valence-corrected chi connectivity index (χ4v) is 1.57. The normalized spacial score (nSPS) is 13.9. The molecule has 8 heteroatoms. The van der Waals surface area contributed by atoms with E-state index in [1.807, 2.05) is 0 Å². The molecule has 0 aliphatic carbocycles. The molecule has 0 saturated carbocycles. The molecular weight excluding hydrogens is 263 g/mol. The molecule has 1 atom stereocenters. The highest BCUT2D eigenvalue weighted by atomic mass is 31.2. The zero-order chi connectivity index (χ0) is 14.5. The predicted octanol–water partition coefficient (Wildman–Crippen LogP) is 0.683. The number of ether oxygens (including phenoxy) is 1. The Balaban J connectivity index is 4.90. The maximum absolute atomic E-state index is 11.1.